The van der Waals surface area contributed by atoms with Crippen molar-refractivity contribution in [2.45, 2.75) is 12.8 Å². The van der Waals surface area contributed by atoms with Gasteiger partial charge in [0.25, 0.3) is 0 Å². The lowest BCUT2D eigenvalue weighted by Gasteiger charge is -2.17. The first kappa shape index (κ1) is 16.6. The lowest BCUT2D eigenvalue weighted by Crippen LogP contribution is -2.27. The van der Waals surface area contributed by atoms with Crippen molar-refractivity contribution in [3.05, 3.63) is 59.9 Å². The van der Waals surface area contributed by atoms with E-state index >= 15 is 0 Å². The molecule has 0 aliphatic carbocycles. The second-order valence-corrected chi connectivity index (χ2v) is 7.76. The summed E-state index contributed by atoms with van der Waals surface area (Å²) in [6.45, 7) is 0.388. The van der Waals surface area contributed by atoms with Gasteiger partial charge in [-0.15, -0.1) is 0 Å². The topological polar surface area (TPSA) is 93.4 Å². The maximum Gasteiger partial charge on any atom is 0.227 e. The maximum atomic E-state index is 12.1. The fourth-order valence-corrected chi connectivity index (χ4v) is 3.88. The first-order valence-electron chi connectivity index (χ1n) is 7.69. The molecule has 1 amide bonds. The zero-order chi connectivity index (χ0) is 17.2. The van der Waals surface area contributed by atoms with Crippen LogP contribution < -0.4 is 10.0 Å². The zero-order valence-electron chi connectivity index (χ0n) is 13.1. The third-order valence-corrected chi connectivity index (χ3v) is 5.01. The number of primary sulfonamides is 1. The molecule has 24 heavy (non-hydrogen) atoms. The van der Waals surface area contributed by atoms with E-state index in [0.29, 0.717) is 6.54 Å². The van der Waals surface area contributed by atoms with Gasteiger partial charge in [-0.1, -0.05) is 12.1 Å². The highest BCUT2D eigenvalue weighted by molar-refractivity contribution is 7.89. The second kappa shape index (κ2) is 6.70. The molecule has 6 nitrogen and oxygen atoms in total. The molecule has 2 aromatic rings. The smallest absolute Gasteiger partial charge is 0.227 e. The molecule has 1 aliphatic rings. The van der Waals surface area contributed by atoms with E-state index < -0.39 is 10.0 Å². The lowest BCUT2D eigenvalue weighted by atomic mass is 10.1. The molecule has 0 saturated carbocycles. The number of aromatic nitrogens is 1. The Hall–Kier alpha value is -2.25. The van der Waals surface area contributed by atoms with Crippen LogP contribution in [0.1, 0.15) is 17.5 Å². The largest absolute Gasteiger partial charge is 0.312 e. The molecule has 1 aliphatic heterocycles. The summed E-state index contributed by atoms with van der Waals surface area (Å²) in [6, 6.07) is 11.7. The molecule has 126 valence electrons. The van der Waals surface area contributed by atoms with Crippen molar-refractivity contribution >= 4 is 21.6 Å². The van der Waals surface area contributed by atoms with E-state index in [-0.39, 0.29) is 24.0 Å². The van der Waals surface area contributed by atoms with Crippen molar-refractivity contribution in [1.29, 1.82) is 0 Å². The van der Waals surface area contributed by atoms with Gasteiger partial charge in [0.15, 0.2) is 0 Å². The van der Waals surface area contributed by atoms with E-state index in [4.69, 9.17) is 5.14 Å². The molecule has 1 aromatic carbocycles. The van der Waals surface area contributed by atoms with Crippen LogP contribution in [0.4, 0.5) is 5.69 Å². The minimum absolute atomic E-state index is 0.0643. The molecule has 1 aromatic heterocycles. The van der Waals surface area contributed by atoms with Crippen LogP contribution in [0.15, 0.2) is 48.8 Å². The standard InChI is InChI=1S/C17H19N3O3S/c18-24(22,23)12-15-10-17(21)20(11-15)16-3-1-13(2-4-16)9-14-5-7-19-8-6-14/h1-8,15H,9-12H2,(H2,18,22,23). The van der Waals surface area contributed by atoms with Gasteiger partial charge in [-0.3, -0.25) is 9.78 Å². The van der Waals surface area contributed by atoms with Gasteiger partial charge in [0, 0.05) is 37.0 Å². The summed E-state index contributed by atoms with van der Waals surface area (Å²) in [7, 11) is -3.56. The number of pyridine rings is 1. The summed E-state index contributed by atoms with van der Waals surface area (Å²) >= 11 is 0. The molecule has 1 unspecified atom stereocenters. The fourth-order valence-electron chi connectivity index (χ4n) is 3.00. The number of sulfonamides is 1. The van der Waals surface area contributed by atoms with Crippen LogP contribution >= 0.6 is 0 Å². The van der Waals surface area contributed by atoms with Crippen LogP contribution in [0.25, 0.3) is 0 Å². The molecule has 1 saturated heterocycles. The Morgan fingerprint density at radius 3 is 2.33 bits per heavy atom. The quantitative estimate of drug-likeness (QED) is 0.884. The molecule has 2 N–H and O–H groups in total. The first-order chi connectivity index (χ1) is 11.4. The molecular formula is C17H19N3O3S. The third kappa shape index (κ3) is 4.18. The molecule has 7 heteroatoms. The number of benzene rings is 1. The van der Waals surface area contributed by atoms with E-state index in [1.807, 2.05) is 36.4 Å². The predicted molar refractivity (Wildman–Crippen MR) is 91.9 cm³/mol. The number of anilines is 1. The van der Waals surface area contributed by atoms with Crippen LogP contribution in [0.5, 0.6) is 0 Å². The van der Waals surface area contributed by atoms with Crippen molar-refractivity contribution < 1.29 is 13.2 Å². The van der Waals surface area contributed by atoms with Gasteiger partial charge in [-0.05, 0) is 41.8 Å². The SMILES string of the molecule is NS(=O)(=O)CC1CC(=O)N(c2ccc(Cc3ccncc3)cc2)C1. The number of carbonyl (C=O) groups excluding carboxylic acids is 1. The number of amides is 1. The number of hydrogen-bond acceptors (Lipinski definition) is 4. The molecule has 1 atom stereocenters. The molecule has 3 rings (SSSR count). The Bertz CT molecular complexity index is 820. The highest BCUT2D eigenvalue weighted by atomic mass is 32.2. The summed E-state index contributed by atoms with van der Waals surface area (Å²) in [5, 5.41) is 5.08. The van der Waals surface area contributed by atoms with Crippen LogP contribution in [0.2, 0.25) is 0 Å². The molecular weight excluding hydrogens is 326 g/mol. The van der Waals surface area contributed by atoms with Gasteiger partial charge in [0.2, 0.25) is 15.9 Å². The zero-order valence-corrected chi connectivity index (χ0v) is 13.9. The predicted octanol–water partition coefficient (Wildman–Crippen LogP) is 1.31. The number of carbonyl (C=O) groups is 1. The Morgan fingerprint density at radius 2 is 1.71 bits per heavy atom. The van der Waals surface area contributed by atoms with Crippen LogP contribution in [0, 0.1) is 5.92 Å². The molecule has 0 radical (unpaired) electrons. The second-order valence-electron chi connectivity index (χ2n) is 6.10. The van der Waals surface area contributed by atoms with Crippen molar-refractivity contribution in [1.82, 2.24) is 4.98 Å². The highest BCUT2D eigenvalue weighted by Crippen LogP contribution is 2.26. The van der Waals surface area contributed by atoms with E-state index in [1.165, 1.54) is 5.56 Å². The third-order valence-electron chi connectivity index (χ3n) is 4.08. The van der Waals surface area contributed by atoms with E-state index in [0.717, 1.165) is 17.7 Å². The minimum Gasteiger partial charge on any atom is -0.312 e. The van der Waals surface area contributed by atoms with Gasteiger partial charge in [-0.2, -0.15) is 0 Å². The van der Waals surface area contributed by atoms with Crippen molar-refractivity contribution in [2.75, 3.05) is 17.2 Å². The first-order valence-corrected chi connectivity index (χ1v) is 9.41. The van der Waals surface area contributed by atoms with Gasteiger partial charge >= 0.3 is 0 Å². The van der Waals surface area contributed by atoms with Gasteiger partial charge in [0.1, 0.15) is 0 Å². The summed E-state index contributed by atoms with van der Waals surface area (Å²) in [4.78, 5) is 17.8. The molecule has 1 fully saturated rings. The van der Waals surface area contributed by atoms with Gasteiger partial charge in [0.05, 0.1) is 5.75 Å². The van der Waals surface area contributed by atoms with E-state index in [9.17, 15) is 13.2 Å². The van der Waals surface area contributed by atoms with Crippen LogP contribution in [0.3, 0.4) is 0 Å². The number of hydrogen-bond donors (Lipinski definition) is 1. The van der Waals surface area contributed by atoms with Crippen molar-refractivity contribution in [3.8, 4) is 0 Å². The van der Waals surface area contributed by atoms with E-state index in [1.54, 1.807) is 17.3 Å². The molecule has 0 spiro atoms. The Balaban J connectivity index is 1.68. The summed E-state index contributed by atoms with van der Waals surface area (Å²) in [5.74, 6) is -0.468. The summed E-state index contributed by atoms with van der Waals surface area (Å²) in [5.41, 5.74) is 3.09. The van der Waals surface area contributed by atoms with E-state index in [2.05, 4.69) is 4.98 Å². The fraction of sp³-hybridized carbons (Fsp3) is 0.294. The summed E-state index contributed by atoms with van der Waals surface area (Å²) in [6.07, 6.45) is 4.54. The Kier molecular flexibility index (Phi) is 4.64. The number of rotatable bonds is 5. The Labute approximate surface area is 141 Å². The normalized spacial score (nSPS) is 18.1. The number of nitrogens with zero attached hydrogens (tertiary/aromatic N) is 2. The van der Waals surface area contributed by atoms with Gasteiger partial charge < -0.3 is 4.90 Å². The van der Waals surface area contributed by atoms with Crippen LogP contribution in [-0.4, -0.2) is 31.6 Å². The average molecular weight is 345 g/mol. The molecule has 2 heterocycles. The van der Waals surface area contributed by atoms with Crippen LogP contribution in [-0.2, 0) is 21.2 Å². The van der Waals surface area contributed by atoms with Crippen molar-refractivity contribution in [2.24, 2.45) is 11.1 Å². The molecule has 0 bridgehead atoms. The average Bonchev–Trinajstić information content (AvgIpc) is 2.87. The highest BCUT2D eigenvalue weighted by Gasteiger charge is 2.32. The minimum atomic E-state index is -3.56. The lowest BCUT2D eigenvalue weighted by molar-refractivity contribution is -0.117. The maximum absolute atomic E-state index is 12.1. The monoisotopic (exact) mass is 345 g/mol. The number of nitrogens with two attached hydrogens (primary N) is 1. The summed E-state index contributed by atoms with van der Waals surface area (Å²) < 4.78 is 22.4. The van der Waals surface area contributed by atoms with Gasteiger partial charge in [-0.25, -0.2) is 13.6 Å². The Morgan fingerprint density at radius 1 is 1.08 bits per heavy atom. The van der Waals surface area contributed by atoms with Crippen molar-refractivity contribution in [3.63, 3.8) is 0 Å².